The van der Waals surface area contributed by atoms with Crippen molar-refractivity contribution in [2.24, 2.45) is 5.92 Å². The Morgan fingerprint density at radius 3 is 2.79 bits per heavy atom. The molecule has 3 nitrogen and oxygen atoms in total. The lowest BCUT2D eigenvalue weighted by atomic mass is 9.86. The summed E-state index contributed by atoms with van der Waals surface area (Å²) in [6.45, 7) is 2.20. The molecule has 1 aromatic heterocycles. The monoisotopic (exact) mass is 279 g/mol. The molecule has 0 aliphatic heterocycles. The van der Waals surface area contributed by atoms with E-state index in [2.05, 4.69) is 12.2 Å². The molecule has 1 amide bonds. The molecule has 2 atom stereocenters. The maximum Gasteiger partial charge on any atom is 0.220 e. The topological polar surface area (TPSA) is 46.2 Å². The number of amides is 1. The van der Waals surface area contributed by atoms with Crippen molar-refractivity contribution in [1.82, 2.24) is 5.32 Å². The number of nitrogens with one attached hydrogen (secondary N) is 1. The van der Waals surface area contributed by atoms with E-state index in [0.29, 0.717) is 24.8 Å². The lowest BCUT2D eigenvalue weighted by Gasteiger charge is -2.29. The van der Waals surface area contributed by atoms with Gasteiger partial charge in [0.2, 0.25) is 5.91 Å². The summed E-state index contributed by atoms with van der Waals surface area (Å²) in [5.41, 5.74) is 0. The van der Waals surface area contributed by atoms with Crippen molar-refractivity contribution < 1.29 is 9.59 Å². The van der Waals surface area contributed by atoms with Gasteiger partial charge in [-0.2, -0.15) is 0 Å². The average Bonchev–Trinajstić information content (AvgIpc) is 2.93. The maximum atomic E-state index is 11.9. The molecule has 0 aromatic carbocycles. The Morgan fingerprint density at radius 2 is 2.11 bits per heavy atom. The zero-order chi connectivity index (χ0) is 13.7. The van der Waals surface area contributed by atoms with Gasteiger partial charge in [0.1, 0.15) is 0 Å². The van der Waals surface area contributed by atoms with Gasteiger partial charge in [0, 0.05) is 18.9 Å². The Labute approximate surface area is 118 Å². The van der Waals surface area contributed by atoms with Gasteiger partial charge in [-0.05, 0) is 30.2 Å². The quantitative estimate of drug-likeness (QED) is 0.840. The first kappa shape index (κ1) is 14.3. The first-order valence-electron chi connectivity index (χ1n) is 7.03. The average molecular weight is 279 g/mol. The van der Waals surface area contributed by atoms with Gasteiger partial charge < -0.3 is 5.32 Å². The van der Waals surface area contributed by atoms with E-state index in [9.17, 15) is 9.59 Å². The van der Waals surface area contributed by atoms with Crippen LogP contribution in [-0.2, 0) is 4.79 Å². The summed E-state index contributed by atoms with van der Waals surface area (Å²) >= 11 is 1.44. The summed E-state index contributed by atoms with van der Waals surface area (Å²) in [6, 6.07) is 3.98. The minimum absolute atomic E-state index is 0.0173. The van der Waals surface area contributed by atoms with Crippen LogP contribution in [0.15, 0.2) is 17.5 Å². The van der Waals surface area contributed by atoms with E-state index < -0.39 is 0 Å². The summed E-state index contributed by atoms with van der Waals surface area (Å²) in [6.07, 6.45) is 5.35. The standard InChI is InChI=1S/C15H21NO2S/c1-11-5-2-3-6-12(11)16-15(18)9-8-13(17)14-7-4-10-19-14/h4,7,10-12H,2-3,5-6,8-9H2,1H3,(H,16,18)/t11-,12-/m0/s1. The van der Waals surface area contributed by atoms with E-state index in [1.807, 2.05) is 17.5 Å². The summed E-state index contributed by atoms with van der Waals surface area (Å²) in [5, 5.41) is 4.97. The van der Waals surface area contributed by atoms with Gasteiger partial charge in [-0.25, -0.2) is 0 Å². The number of thiophene rings is 1. The molecule has 0 spiro atoms. The molecule has 1 aromatic rings. The third-order valence-corrected chi connectivity index (χ3v) is 4.74. The third kappa shape index (κ3) is 4.16. The third-order valence-electron chi connectivity index (χ3n) is 3.83. The molecular formula is C15H21NO2S. The van der Waals surface area contributed by atoms with E-state index in [0.717, 1.165) is 11.3 Å². The van der Waals surface area contributed by atoms with Gasteiger partial charge in [-0.3, -0.25) is 9.59 Å². The van der Waals surface area contributed by atoms with Crippen molar-refractivity contribution in [3.63, 3.8) is 0 Å². The Bertz CT molecular complexity index is 427. The molecule has 2 rings (SSSR count). The summed E-state index contributed by atoms with van der Waals surface area (Å²) < 4.78 is 0. The van der Waals surface area contributed by atoms with Gasteiger partial charge in [-0.15, -0.1) is 11.3 Å². The molecule has 0 unspecified atom stereocenters. The molecule has 1 aliphatic carbocycles. The van der Waals surface area contributed by atoms with Crippen LogP contribution in [0.25, 0.3) is 0 Å². The number of Topliss-reactive ketones (excluding diaryl/α,β-unsaturated/α-hetero) is 1. The fourth-order valence-electron chi connectivity index (χ4n) is 2.60. The first-order valence-corrected chi connectivity index (χ1v) is 7.91. The van der Waals surface area contributed by atoms with Crippen LogP contribution in [0, 0.1) is 5.92 Å². The normalized spacial score (nSPS) is 23.0. The van der Waals surface area contributed by atoms with Crippen molar-refractivity contribution in [3.8, 4) is 0 Å². The summed E-state index contributed by atoms with van der Waals surface area (Å²) in [5.74, 6) is 0.649. The highest BCUT2D eigenvalue weighted by molar-refractivity contribution is 7.12. The highest BCUT2D eigenvalue weighted by Gasteiger charge is 2.22. The maximum absolute atomic E-state index is 11.9. The highest BCUT2D eigenvalue weighted by Crippen LogP contribution is 2.23. The van der Waals surface area contributed by atoms with Crippen molar-refractivity contribution in [2.45, 2.75) is 51.5 Å². The van der Waals surface area contributed by atoms with Crippen molar-refractivity contribution in [1.29, 1.82) is 0 Å². The molecule has 4 heteroatoms. The number of ketones is 1. The molecule has 19 heavy (non-hydrogen) atoms. The Kier molecular flexibility index (Phi) is 5.14. The van der Waals surface area contributed by atoms with E-state index in [1.54, 1.807) is 0 Å². The molecule has 104 valence electrons. The second-order valence-electron chi connectivity index (χ2n) is 5.34. The fourth-order valence-corrected chi connectivity index (χ4v) is 3.29. The van der Waals surface area contributed by atoms with Gasteiger partial charge >= 0.3 is 0 Å². The predicted octanol–water partition coefficient (Wildman–Crippen LogP) is 3.41. The van der Waals surface area contributed by atoms with E-state index in [-0.39, 0.29) is 11.7 Å². The lowest BCUT2D eigenvalue weighted by Crippen LogP contribution is -2.41. The Hall–Kier alpha value is -1.16. The highest BCUT2D eigenvalue weighted by atomic mass is 32.1. The lowest BCUT2D eigenvalue weighted by molar-refractivity contribution is -0.122. The van der Waals surface area contributed by atoms with Gasteiger partial charge in [0.05, 0.1) is 4.88 Å². The zero-order valence-electron chi connectivity index (χ0n) is 11.4. The van der Waals surface area contributed by atoms with Crippen molar-refractivity contribution in [3.05, 3.63) is 22.4 Å². The molecule has 0 radical (unpaired) electrons. The number of rotatable bonds is 5. The van der Waals surface area contributed by atoms with Gasteiger partial charge in [-0.1, -0.05) is 25.8 Å². The van der Waals surface area contributed by atoms with Crippen molar-refractivity contribution >= 4 is 23.0 Å². The van der Waals surface area contributed by atoms with E-state index >= 15 is 0 Å². The zero-order valence-corrected chi connectivity index (χ0v) is 12.2. The van der Waals surface area contributed by atoms with Crippen LogP contribution in [0.3, 0.4) is 0 Å². The Balaban J connectivity index is 1.74. The number of carbonyl (C=O) groups excluding carboxylic acids is 2. The van der Waals surface area contributed by atoms with Crippen LogP contribution < -0.4 is 5.32 Å². The molecule has 1 N–H and O–H groups in total. The van der Waals surface area contributed by atoms with Gasteiger partial charge in [0.15, 0.2) is 5.78 Å². The van der Waals surface area contributed by atoms with E-state index in [1.165, 1.54) is 30.6 Å². The summed E-state index contributed by atoms with van der Waals surface area (Å²) in [4.78, 5) is 24.4. The largest absolute Gasteiger partial charge is 0.353 e. The number of carbonyl (C=O) groups is 2. The molecular weight excluding hydrogens is 258 g/mol. The molecule has 0 bridgehead atoms. The minimum Gasteiger partial charge on any atom is -0.353 e. The van der Waals surface area contributed by atoms with Crippen LogP contribution in [0.2, 0.25) is 0 Å². The van der Waals surface area contributed by atoms with Crippen LogP contribution in [0.1, 0.15) is 55.1 Å². The number of hydrogen-bond acceptors (Lipinski definition) is 3. The minimum atomic E-state index is 0.0173. The molecule has 1 heterocycles. The van der Waals surface area contributed by atoms with Crippen molar-refractivity contribution in [2.75, 3.05) is 0 Å². The second kappa shape index (κ2) is 6.85. The number of hydrogen-bond donors (Lipinski definition) is 1. The fraction of sp³-hybridized carbons (Fsp3) is 0.600. The molecule has 1 saturated carbocycles. The SMILES string of the molecule is C[C@H]1CCCC[C@@H]1NC(=O)CCC(=O)c1cccs1. The summed E-state index contributed by atoms with van der Waals surface area (Å²) in [7, 11) is 0. The van der Waals surface area contributed by atoms with Crippen LogP contribution in [0.4, 0.5) is 0 Å². The van der Waals surface area contributed by atoms with Gasteiger partial charge in [0.25, 0.3) is 0 Å². The van der Waals surface area contributed by atoms with Crippen LogP contribution in [0.5, 0.6) is 0 Å². The van der Waals surface area contributed by atoms with Crippen LogP contribution >= 0.6 is 11.3 Å². The molecule has 0 saturated heterocycles. The van der Waals surface area contributed by atoms with Crippen LogP contribution in [-0.4, -0.2) is 17.7 Å². The predicted molar refractivity (Wildman–Crippen MR) is 77.4 cm³/mol. The first-order chi connectivity index (χ1) is 9.16. The molecule has 1 aliphatic rings. The Morgan fingerprint density at radius 1 is 1.32 bits per heavy atom. The smallest absolute Gasteiger partial charge is 0.220 e. The second-order valence-corrected chi connectivity index (χ2v) is 6.28. The van der Waals surface area contributed by atoms with E-state index in [4.69, 9.17) is 0 Å². The molecule has 1 fully saturated rings.